The highest BCUT2D eigenvalue weighted by molar-refractivity contribution is 6.13. The van der Waals surface area contributed by atoms with Crippen LogP contribution >= 0.6 is 0 Å². The maximum Gasteiger partial charge on any atom is 0.160 e. The van der Waals surface area contributed by atoms with Crippen molar-refractivity contribution >= 4 is 65.8 Å². The number of furan rings is 3. The molecule has 0 spiro atoms. The van der Waals surface area contributed by atoms with Crippen LogP contribution < -0.4 is 0 Å². The number of pyridine rings is 1. The van der Waals surface area contributed by atoms with Gasteiger partial charge in [-0.15, -0.1) is 0 Å². The van der Waals surface area contributed by atoms with Gasteiger partial charge in [0.05, 0.1) is 39.9 Å². The van der Waals surface area contributed by atoms with Gasteiger partial charge in [0, 0.05) is 144 Å². The van der Waals surface area contributed by atoms with Gasteiger partial charge in [-0.3, -0.25) is 4.98 Å². The minimum absolute atomic E-state index is 0.258. The molecule has 7 heterocycles. The second-order valence-corrected chi connectivity index (χ2v) is 37.6. The number of benzene rings is 17. The SMILES string of the molecule is CC1(C)c2ccccc2-c2nc(-c3ccc(-c4ccccc4)cc3)nc(-c3cccc(-c4cccc5c4oc4ccccc45)c3)c21.CC1(C)c2ccccc2-c2nc(-c3ccc(-c4ccccn4)cc3)nc(-c3cccc(-c4cccc5c4oc4ccccc45)c3)c21.CC1(C)c2ccccc2-c2nc(-c3cccc(-c4ccccc4)c3)nc(-c3cccc(-c4cccc5c4oc4ccccc45)c3)c21. The Balaban J connectivity index is 0.000000110. The van der Waals surface area contributed by atoms with E-state index in [4.69, 9.17) is 43.2 Å². The maximum absolute atomic E-state index is 6.43. The molecule has 0 unspecified atom stereocenters. The van der Waals surface area contributed by atoms with Crippen LogP contribution in [0.5, 0.6) is 0 Å². The van der Waals surface area contributed by atoms with E-state index in [1.54, 1.807) is 0 Å². The minimum Gasteiger partial charge on any atom is -0.455 e. The summed E-state index contributed by atoms with van der Waals surface area (Å²) in [5, 5.41) is 6.76. The molecule has 27 rings (SSSR count). The molecule has 654 valence electrons. The first-order valence-electron chi connectivity index (χ1n) is 47.1. The first-order chi connectivity index (χ1) is 67.7. The van der Waals surface area contributed by atoms with E-state index in [9.17, 15) is 0 Å². The summed E-state index contributed by atoms with van der Waals surface area (Å²) in [6.45, 7) is 13.7. The number of hydrogen-bond donors (Lipinski definition) is 0. The second-order valence-electron chi connectivity index (χ2n) is 37.6. The van der Waals surface area contributed by atoms with Crippen LogP contribution in [0.25, 0.3) is 234 Å². The van der Waals surface area contributed by atoms with Crippen molar-refractivity contribution in [3.63, 3.8) is 0 Å². The van der Waals surface area contributed by atoms with Crippen LogP contribution in [0.2, 0.25) is 0 Å². The van der Waals surface area contributed by atoms with Gasteiger partial charge in [0.1, 0.15) is 33.5 Å². The predicted octanol–water partition coefficient (Wildman–Crippen LogP) is 33.4. The average molecular weight is 1770 g/mol. The van der Waals surface area contributed by atoms with E-state index >= 15 is 0 Å². The number of nitrogens with zero attached hydrogens (tertiary/aromatic N) is 7. The smallest absolute Gasteiger partial charge is 0.160 e. The van der Waals surface area contributed by atoms with E-state index < -0.39 is 0 Å². The summed E-state index contributed by atoms with van der Waals surface area (Å²) >= 11 is 0. The predicted molar refractivity (Wildman–Crippen MR) is 564 cm³/mol. The molecule has 17 aromatic carbocycles. The molecule has 0 atom stereocenters. The number of hydrogen-bond acceptors (Lipinski definition) is 10. The molecular weight excluding hydrogens is 1680 g/mol. The molecule has 0 radical (unpaired) electrons. The summed E-state index contributed by atoms with van der Waals surface area (Å²) in [6, 6.07) is 148. The van der Waals surface area contributed by atoms with E-state index in [-0.39, 0.29) is 16.2 Å². The minimum atomic E-state index is -0.266. The van der Waals surface area contributed by atoms with Gasteiger partial charge in [-0.1, -0.05) is 412 Å². The standard InChI is InChI=1S/2C43H30N2O.C42H29N3O/c1-43(2)36-23-8-6-20-35(36)40-38(43)39(44-42(45-40)31-18-10-15-28(25-31)27-13-4-3-5-14-27)30-17-11-16-29(26-30)32-21-12-22-34-33-19-7-9-24-37(33)46-41(32)34;1-43(2)36-20-8-6-17-35(36)40-38(43)39(44-42(45-40)29-24-22-28(23-25-29)27-12-4-3-5-13-27)31-15-10-14-30(26-31)32-18-11-19-34-33-16-7-9-21-37(33)46-41(32)34;1-42(2)34-17-5-3-14-33(34)39-37(42)38(44-41(45-39)27-22-20-26(21-23-27)35-18-7-8-24-43-35)29-12-9-11-28(25-29)30-15-10-16-32-31-13-4-6-19-36(31)46-40(30)32/h2*3-26H,1-2H3;3-25H,1-2H3. The fourth-order valence-corrected chi connectivity index (χ4v) is 21.5. The van der Waals surface area contributed by atoms with Gasteiger partial charge < -0.3 is 13.3 Å². The van der Waals surface area contributed by atoms with Gasteiger partial charge in [0.2, 0.25) is 0 Å². The molecule has 10 nitrogen and oxygen atoms in total. The van der Waals surface area contributed by atoms with Crippen LogP contribution in [0.1, 0.15) is 74.9 Å². The zero-order valence-corrected chi connectivity index (χ0v) is 76.8. The fourth-order valence-electron chi connectivity index (χ4n) is 21.5. The van der Waals surface area contributed by atoms with Crippen LogP contribution in [-0.2, 0) is 16.2 Å². The van der Waals surface area contributed by atoms with Gasteiger partial charge in [0.25, 0.3) is 0 Å². The summed E-state index contributed by atoms with van der Waals surface area (Å²) in [5.74, 6) is 2.16. The monoisotopic (exact) mass is 1770 g/mol. The Labute approximate surface area is 799 Å². The normalized spacial score (nSPS) is 13.2. The Kier molecular flexibility index (Phi) is 19.7. The summed E-state index contributed by atoms with van der Waals surface area (Å²) in [5.41, 5.74) is 40.6. The van der Waals surface area contributed by atoms with Crippen molar-refractivity contribution in [2.45, 2.75) is 57.8 Å². The van der Waals surface area contributed by atoms with Crippen molar-refractivity contribution in [2.75, 3.05) is 0 Å². The molecule has 10 heteroatoms. The summed E-state index contributed by atoms with van der Waals surface area (Å²) in [7, 11) is 0. The van der Waals surface area contributed by atoms with Gasteiger partial charge in [0.15, 0.2) is 17.5 Å². The molecule has 0 fully saturated rings. The molecular formula is C128H89N7O3. The lowest BCUT2D eigenvalue weighted by Crippen LogP contribution is -2.17. The number of rotatable bonds is 12. The Morgan fingerprint density at radius 2 is 0.442 bits per heavy atom. The highest BCUT2D eigenvalue weighted by atomic mass is 16.3. The molecule has 3 aliphatic carbocycles. The van der Waals surface area contributed by atoms with Crippen molar-refractivity contribution in [2.24, 2.45) is 0 Å². The largest absolute Gasteiger partial charge is 0.455 e. The number of fused-ring (bicyclic) bond motifs is 18. The first-order valence-corrected chi connectivity index (χ1v) is 47.1. The van der Waals surface area contributed by atoms with Gasteiger partial charge in [-0.05, 0) is 110 Å². The van der Waals surface area contributed by atoms with E-state index in [0.29, 0.717) is 5.82 Å². The molecule has 3 aliphatic rings. The topological polar surface area (TPSA) is 130 Å². The lowest BCUT2D eigenvalue weighted by molar-refractivity contribution is 0.657. The van der Waals surface area contributed by atoms with Crippen LogP contribution in [0.15, 0.2) is 444 Å². The zero-order valence-electron chi connectivity index (χ0n) is 76.8. The summed E-state index contributed by atoms with van der Waals surface area (Å²) < 4.78 is 19.3. The molecule has 24 aromatic rings. The summed E-state index contributed by atoms with van der Waals surface area (Å²) in [4.78, 5) is 36.4. The highest BCUT2D eigenvalue weighted by Crippen LogP contribution is 2.56. The van der Waals surface area contributed by atoms with Crippen molar-refractivity contribution in [1.29, 1.82) is 0 Å². The molecule has 0 aliphatic heterocycles. The highest BCUT2D eigenvalue weighted by Gasteiger charge is 2.44. The first kappa shape index (κ1) is 82.4. The van der Waals surface area contributed by atoms with Crippen molar-refractivity contribution in [3.8, 4) is 169 Å². The van der Waals surface area contributed by atoms with Crippen molar-refractivity contribution in [1.82, 2.24) is 34.9 Å². The Morgan fingerprint density at radius 1 is 0.181 bits per heavy atom. The van der Waals surface area contributed by atoms with Crippen LogP contribution in [0.3, 0.4) is 0 Å². The third-order valence-corrected chi connectivity index (χ3v) is 28.3. The Hall–Kier alpha value is -17.5. The van der Waals surface area contributed by atoms with Gasteiger partial charge >= 0.3 is 0 Å². The maximum atomic E-state index is 6.43. The molecule has 0 N–H and O–H groups in total. The molecule has 138 heavy (non-hydrogen) atoms. The third kappa shape index (κ3) is 14.0. The van der Waals surface area contributed by atoms with Gasteiger partial charge in [-0.2, -0.15) is 0 Å². The molecule has 0 amide bonds. The fraction of sp³-hybridized carbons (Fsp3) is 0.0703. The van der Waals surface area contributed by atoms with Crippen LogP contribution in [-0.4, -0.2) is 34.9 Å². The van der Waals surface area contributed by atoms with E-state index in [1.165, 1.54) is 50.1 Å². The lowest BCUT2D eigenvalue weighted by Gasteiger charge is -2.24. The average Bonchev–Trinajstić information content (AvgIpc) is 1.57. The summed E-state index contributed by atoms with van der Waals surface area (Å²) in [6.07, 6.45) is 1.82. The van der Waals surface area contributed by atoms with Gasteiger partial charge in [-0.25, -0.2) is 29.9 Å². The quantitative estimate of drug-likeness (QED) is 0.117. The molecule has 7 aromatic heterocycles. The second kappa shape index (κ2) is 33.0. The van der Waals surface area contributed by atoms with E-state index in [0.717, 1.165) is 212 Å². The van der Waals surface area contributed by atoms with Crippen LogP contribution in [0.4, 0.5) is 0 Å². The van der Waals surface area contributed by atoms with E-state index in [2.05, 4.69) is 404 Å². The molecule has 0 saturated heterocycles. The lowest BCUT2D eigenvalue weighted by atomic mass is 9.80. The van der Waals surface area contributed by atoms with E-state index in [1.807, 2.05) is 72.9 Å². The van der Waals surface area contributed by atoms with Crippen molar-refractivity contribution in [3.05, 3.63) is 464 Å². The Morgan fingerprint density at radius 3 is 0.826 bits per heavy atom. The zero-order chi connectivity index (χ0) is 92.5. The molecule has 0 bridgehead atoms. The third-order valence-electron chi connectivity index (χ3n) is 28.3. The molecule has 0 saturated carbocycles. The van der Waals surface area contributed by atoms with Crippen molar-refractivity contribution < 1.29 is 13.3 Å². The van der Waals surface area contributed by atoms with Crippen LogP contribution in [0, 0.1) is 0 Å². The number of aromatic nitrogens is 7. The Bertz CT molecular complexity index is 8630. The number of para-hydroxylation sites is 6.